The zero-order valence-electron chi connectivity index (χ0n) is 18.1. The van der Waals surface area contributed by atoms with Gasteiger partial charge in [-0.25, -0.2) is 4.98 Å². The van der Waals surface area contributed by atoms with Gasteiger partial charge in [0, 0.05) is 18.0 Å². The van der Waals surface area contributed by atoms with Gasteiger partial charge in [-0.15, -0.1) is 0 Å². The molecular formula is C25H25FN4O2. The molecule has 3 heterocycles. The fourth-order valence-electron chi connectivity index (χ4n) is 4.27. The highest BCUT2D eigenvalue weighted by atomic mass is 19.1. The van der Waals surface area contributed by atoms with E-state index in [1.54, 1.807) is 18.2 Å². The Morgan fingerprint density at radius 1 is 1.09 bits per heavy atom. The molecule has 0 aliphatic carbocycles. The molecule has 1 atom stereocenters. The molecular weight excluding hydrogens is 407 g/mol. The van der Waals surface area contributed by atoms with Crippen molar-refractivity contribution in [2.45, 2.75) is 32.2 Å². The van der Waals surface area contributed by atoms with Gasteiger partial charge in [-0.3, -0.25) is 9.38 Å². The Hall–Kier alpha value is -3.45. The number of fused-ring (bicyclic) bond motifs is 1. The van der Waals surface area contributed by atoms with Gasteiger partial charge in [0.2, 0.25) is 5.82 Å². The van der Waals surface area contributed by atoms with Gasteiger partial charge in [0.1, 0.15) is 11.6 Å². The smallest absolute Gasteiger partial charge is 0.207 e. The number of hydrogen-bond acceptors (Lipinski definition) is 5. The van der Waals surface area contributed by atoms with Crippen LogP contribution in [0.15, 0.2) is 54.9 Å². The number of benzene rings is 2. The van der Waals surface area contributed by atoms with E-state index < -0.39 is 5.82 Å². The van der Waals surface area contributed by atoms with Crippen molar-refractivity contribution < 1.29 is 13.9 Å². The molecule has 164 valence electrons. The third-order valence-corrected chi connectivity index (χ3v) is 5.89. The zero-order valence-corrected chi connectivity index (χ0v) is 18.1. The van der Waals surface area contributed by atoms with E-state index in [0.29, 0.717) is 5.75 Å². The minimum Gasteiger partial charge on any atom is -0.494 e. The molecule has 2 aromatic carbocycles. The highest BCUT2D eigenvalue weighted by molar-refractivity contribution is 5.79. The summed E-state index contributed by atoms with van der Waals surface area (Å²) in [6.07, 6.45) is 7.26. The lowest BCUT2D eigenvalue weighted by atomic mass is 10.0. The second kappa shape index (κ2) is 8.59. The maximum Gasteiger partial charge on any atom is 0.207 e. The van der Waals surface area contributed by atoms with E-state index in [1.807, 2.05) is 43.6 Å². The molecule has 32 heavy (non-hydrogen) atoms. The number of imidazole rings is 1. The van der Waals surface area contributed by atoms with Gasteiger partial charge >= 0.3 is 0 Å². The number of nitrogens with zero attached hydrogens (tertiary/aromatic N) is 3. The number of aromatic nitrogens is 3. The van der Waals surface area contributed by atoms with E-state index in [9.17, 15) is 4.39 Å². The van der Waals surface area contributed by atoms with E-state index in [0.717, 1.165) is 41.3 Å². The Morgan fingerprint density at radius 2 is 1.91 bits per heavy atom. The molecule has 2 aromatic heterocycles. The van der Waals surface area contributed by atoms with Crippen molar-refractivity contribution in [2.24, 2.45) is 0 Å². The molecule has 0 amide bonds. The lowest BCUT2D eigenvalue weighted by Gasteiger charge is -2.22. The number of rotatable bonds is 5. The lowest BCUT2D eigenvalue weighted by molar-refractivity contribution is 0.368. The largest absolute Gasteiger partial charge is 0.494 e. The number of ether oxygens (including phenoxy) is 2. The Kier molecular flexibility index (Phi) is 5.49. The van der Waals surface area contributed by atoms with Crippen molar-refractivity contribution in [2.75, 3.05) is 13.7 Å². The summed E-state index contributed by atoms with van der Waals surface area (Å²) in [5.41, 5.74) is 3.77. The van der Waals surface area contributed by atoms with Gasteiger partial charge in [-0.2, -0.15) is 4.39 Å². The van der Waals surface area contributed by atoms with Crippen LogP contribution in [0, 0.1) is 12.7 Å². The molecule has 0 unspecified atom stereocenters. The number of halogens is 1. The second-order valence-electron chi connectivity index (χ2n) is 7.95. The summed E-state index contributed by atoms with van der Waals surface area (Å²) >= 11 is 0. The molecule has 1 saturated heterocycles. The van der Waals surface area contributed by atoms with Crippen molar-refractivity contribution in [3.63, 3.8) is 0 Å². The van der Waals surface area contributed by atoms with Crippen LogP contribution in [0.25, 0.3) is 16.8 Å². The maximum atomic E-state index is 14.4. The standard InChI is InChI=1S/C25H25FN4O2/c1-16-24-23(29-25(30(24)15-14-27-16)19-6-3-4-13-28-19)17-9-11-18(12-10-17)32-21-8-5-7-20(31-2)22(21)26/h5,7-12,14-15,19,28H,3-4,6,13H2,1-2H3/t19-/m0/s1. The van der Waals surface area contributed by atoms with Crippen LogP contribution in [0.4, 0.5) is 4.39 Å². The van der Waals surface area contributed by atoms with Crippen LogP contribution < -0.4 is 14.8 Å². The first kappa shape index (κ1) is 20.5. The molecule has 5 rings (SSSR count). The van der Waals surface area contributed by atoms with E-state index in [-0.39, 0.29) is 17.5 Å². The van der Waals surface area contributed by atoms with E-state index in [4.69, 9.17) is 14.5 Å². The molecule has 1 fully saturated rings. The Labute approximate surface area is 186 Å². The number of piperidine rings is 1. The van der Waals surface area contributed by atoms with Gasteiger partial charge in [-0.05, 0) is 62.7 Å². The maximum absolute atomic E-state index is 14.4. The monoisotopic (exact) mass is 432 g/mol. The molecule has 7 heteroatoms. The Balaban J connectivity index is 1.49. The van der Waals surface area contributed by atoms with Gasteiger partial charge in [-0.1, -0.05) is 12.5 Å². The predicted molar refractivity (Wildman–Crippen MR) is 121 cm³/mol. The summed E-state index contributed by atoms with van der Waals surface area (Å²) in [5.74, 6) is 1.29. The van der Waals surface area contributed by atoms with Crippen LogP contribution in [-0.4, -0.2) is 28.0 Å². The first-order chi connectivity index (χ1) is 15.7. The van der Waals surface area contributed by atoms with Crippen molar-refractivity contribution in [3.8, 4) is 28.5 Å². The molecule has 1 aliphatic rings. The SMILES string of the molecule is COc1cccc(Oc2ccc(-c3nc([C@@H]4CCCCN4)n4ccnc(C)c34)cc2)c1F. The van der Waals surface area contributed by atoms with Crippen LogP contribution >= 0.6 is 0 Å². The Bertz CT molecular complexity index is 1250. The average Bonchev–Trinajstić information content (AvgIpc) is 3.23. The molecule has 6 nitrogen and oxygen atoms in total. The Morgan fingerprint density at radius 3 is 2.66 bits per heavy atom. The third-order valence-electron chi connectivity index (χ3n) is 5.89. The van der Waals surface area contributed by atoms with Crippen LogP contribution in [0.3, 0.4) is 0 Å². The molecule has 0 saturated carbocycles. The fraction of sp³-hybridized carbons (Fsp3) is 0.280. The summed E-state index contributed by atoms with van der Waals surface area (Å²) in [4.78, 5) is 9.53. The van der Waals surface area contributed by atoms with Crippen LogP contribution in [0.2, 0.25) is 0 Å². The first-order valence-electron chi connectivity index (χ1n) is 10.8. The molecule has 1 aliphatic heterocycles. The first-order valence-corrected chi connectivity index (χ1v) is 10.8. The summed E-state index contributed by atoms with van der Waals surface area (Å²) < 4.78 is 27.4. The minimum atomic E-state index is -0.523. The van der Waals surface area contributed by atoms with Crippen LogP contribution in [-0.2, 0) is 0 Å². The summed E-state index contributed by atoms with van der Waals surface area (Å²) in [6.45, 7) is 3.01. The number of methoxy groups -OCH3 is 1. The molecule has 0 spiro atoms. The summed E-state index contributed by atoms with van der Waals surface area (Å²) in [7, 11) is 1.43. The summed E-state index contributed by atoms with van der Waals surface area (Å²) in [6, 6.07) is 12.6. The summed E-state index contributed by atoms with van der Waals surface area (Å²) in [5, 5.41) is 3.59. The van der Waals surface area contributed by atoms with Gasteiger partial charge in [0.15, 0.2) is 11.5 Å². The van der Waals surface area contributed by atoms with E-state index in [2.05, 4.69) is 14.7 Å². The average molecular weight is 432 g/mol. The molecule has 4 aromatic rings. The number of nitrogens with one attached hydrogen (secondary N) is 1. The number of hydrogen-bond donors (Lipinski definition) is 1. The zero-order chi connectivity index (χ0) is 22.1. The second-order valence-corrected chi connectivity index (χ2v) is 7.95. The topological polar surface area (TPSA) is 60.7 Å². The van der Waals surface area contributed by atoms with E-state index in [1.165, 1.54) is 20.0 Å². The minimum absolute atomic E-state index is 0.121. The molecule has 0 radical (unpaired) electrons. The van der Waals surface area contributed by atoms with Crippen molar-refractivity contribution in [1.82, 2.24) is 19.7 Å². The molecule has 0 bridgehead atoms. The quantitative estimate of drug-likeness (QED) is 0.454. The highest BCUT2D eigenvalue weighted by Gasteiger charge is 2.23. The van der Waals surface area contributed by atoms with Crippen LogP contribution in [0.1, 0.15) is 36.8 Å². The van der Waals surface area contributed by atoms with Crippen molar-refractivity contribution >= 4 is 5.52 Å². The van der Waals surface area contributed by atoms with Crippen molar-refractivity contribution in [3.05, 3.63) is 72.2 Å². The lowest BCUT2D eigenvalue weighted by Crippen LogP contribution is -2.28. The van der Waals surface area contributed by atoms with Crippen LogP contribution in [0.5, 0.6) is 17.2 Å². The molecule has 1 N–H and O–H groups in total. The number of aryl methyl sites for hydroxylation is 1. The normalized spacial score (nSPS) is 16.3. The van der Waals surface area contributed by atoms with Gasteiger partial charge < -0.3 is 14.8 Å². The highest BCUT2D eigenvalue weighted by Crippen LogP contribution is 2.34. The van der Waals surface area contributed by atoms with Gasteiger partial charge in [0.05, 0.1) is 30.1 Å². The van der Waals surface area contributed by atoms with Crippen molar-refractivity contribution in [1.29, 1.82) is 0 Å². The van der Waals surface area contributed by atoms with E-state index >= 15 is 0 Å². The fourth-order valence-corrected chi connectivity index (χ4v) is 4.27. The third kappa shape index (κ3) is 3.69. The predicted octanol–water partition coefficient (Wildman–Crippen LogP) is 5.46. The van der Waals surface area contributed by atoms with Gasteiger partial charge in [0.25, 0.3) is 0 Å².